The van der Waals surface area contributed by atoms with Crippen molar-refractivity contribution in [3.8, 4) is 0 Å². The van der Waals surface area contributed by atoms with Crippen molar-refractivity contribution in [3.05, 3.63) is 34.1 Å². The van der Waals surface area contributed by atoms with Crippen molar-refractivity contribution in [1.29, 1.82) is 0 Å². The van der Waals surface area contributed by atoms with E-state index in [2.05, 4.69) is 20.7 Å². The number of esters is 1. The summed E-state index contributed by atoms with van der Waals surface area (Å²) in [6, 6.07) is 3.95. The van der Waals surface area contributed by atoms with Crippen LogP contribution in [0.4, 0.5) is 4.39 Å². The molecule has 1 rings (SSSR count). The quantitative estimate of drug-likeness (QED) is 0.840. The van der Waals surface area contributed by atoms with Crippen LogP contribution in [-0.2, 0) is 15.1 Å². The second-order valence-electron chi connectivity index (χ2n) is 3.32. The number of rotatable bonds is 2. The molecule has 0 aliphatic carbocycles. The van der Waals surface area contributed by atoms with Crippen LogP contribution in [0.2, 0.25) is 0 Å². The zero-order valence-electron chi connectivity index (χ0n) is 8.38. The van der Waals surface area contributed by atoms with Crippen LogP contribution in [0.25, 0.3) is 0 Å². The Kier molecular flexibility index (Phi) is 3.46. The van der Waals surface area contributed by atoms with Gasteiger partial charge in [0.2, 0.25) is 0 Å². The number of ether oxygens (including phenoxy) is 1. The minimum absolute atomic E-state index is 0.397. The fourth-order valence-corrected chi connectivity index (χ4v) is 2.00. The average molecular weight is 276 g/mol. The molecule has 2 N–H and O–H groups in total. The Balaban J connectivity index is 3.21. The topological polar surface area (TPSA) is 52.3 Å². The molecule has 0 fully saturated rings. The number of hydrogen-bond acceptors (Lipinski definition) is 3. The normalized spacial score (nSPS) is 14.5. The molecule has 1 aromatic rings. The van der Waals surface area contributed by atoms with E-state index < -0.39 is 17.3 Å². The van der Waals surface area contributed by atoms with Crippen LogP contribution >= 0.6 is 15.9 Å². The summed E-state index contributed by atoms with van der Waals surface area (Å²) in [7, 11) is 1.25. The molecule has 5 heteroatoms. The van der Waals surface area contributed by atoms with E-state index in [-0.39, 0.29) is 0 Å². The van der Waals surface area contributed by atoms with E-state index in [0.29, 0.717) is 10.0 Å². The highest BCUT2D eigenvalue weighted by Gasteiger charge is 2.33. The third-order valence-electron chi connectivity index (χ3n) is 2.10. The smallest absolute Gasteiger partial charge is 0.330 e. The molecule has 0 spiro atoms. The summed E-state index contributed by atoms with van der Waals surface area (Å²) in [5, 5.41) is 0. The molecule has 0 aromatic heterocycles. The molecule has 1 atom stereocenters. The third-order valence-corrected chi connectivity index (χ3v) is 2.76. The first-order valence-electron chi connectivity index (χ1n) is 4.22. The molecule has 0 radical (unpaired) electrons. The number of methoxy groups -OCH3 is 1. The maximum atomic E-state index is 12.8. The number of carbonyl (C=O) groups is 1. The fraction of sp³-hybridized carbons (Fsp3) is 0.300. The Morgan fingerprint density at radius 2 is 2.20 bits per heavy atom. The summed E-state index contributed by atoms with van der Waals surface area (Å²) >= 11 is 3.15. The molecule has 0 saturated heterocycles. The Hall–Kier alpha value is -0.940. The van der Waals surface area contributed by atoms with Crippen LogP contribution in [0, 0.1) is 5.82 Å². The lowest BCUT2D eigenvalue weighted by Gasteiger charge is -2.23. The van der Waals surface area contributed by atoms with Crippen molar-refractivity contribution in [2.45, 2.75) is 12.5 Å². The van der Waals surface area contributed by atoms with Crippen molar-refractivity contribution in [2.24, 2.45) is 5.73 Å². The summed E-state index contributed by atoms with van der Waals surface area (Å²) in [4.78, 5) is 11.4. The third kappa shape index (κ3) is 2.35. The highest BCUT2D eigenvalue weighted by atomic mass is 79.9. The van der Waals surface area contributed by atoms with Gasteiger partial charge in [0.05, 0.1) is 7.11 Å². The van der Waals surface area contributed by atoms with Crippen molar-refractivity contribution in [1.82, 2.24) is 0 Å². The van der Waals surface area contributed by atoms with E-state index in [1.54, 1.807) is 0 Å². The first kappa shape index (κ1) is 12.1. The summed E-state index contributed by atoms with van der Waals surface area (Å²) in [5.74, 6) is -0.971. The molecule has 3 nitrogen and oxygen atoms in total. The monoisotopic (exact) mass is 275 g/mol. The fourth-order valence-electron chi connectivity index (χ4n) is 1.23. The highest BCUT2D eigenvalue weighted by molar-refractivity contribution is 9.10. The van der Waals surface area contributed by atoms with Gasteiger partial charge in [-0.25, -0.2) is 9.18 Å². The molecule has 0 aliphatic heterocycles. The first-order valence-corrected chi connectivity index (χ1v) is 5.01. The van der Waals surface area contributed by atoms with E-state index in [0.717, 1.165) is 0 Å². The molecule has 0 bridgehead atoms. The molecule has 1 unspecified atom stereocenters. The van der Waals surface area contributed by atoms with E-state index in [1.807, 2.05) is 0 Å². The maximum absolute atomic E-state index is 12.8. The zero-order chi connectivity index (χ0) is 11.6. The largest absolute Gasteiger partial charge is 0.467 e. The minimum atomic E-state index is -1.29. The Bertz CT molecular complexity index is 393. The highest BCUT2D eigenvalue weighted by Crippen LogP contribution is 2.28. The van der Waals surface area contributed by atoms with Gasteiger partial charge in [0.1, 0.15) is 11.4 Å². The molecule has 82 valence electrons. The lowest BCUT2D eigenvalue weighted by molar-refractivity contribution is -0.146. The number of hydrogen-bond donors (Lipinski definition) is 1. The van der Waals surface area contributed by atoms with Gasteiger partial charge >= 0.3 is 5.97 Å². The Morgan fingerprint density at radius 1 is 1.60 bits per heavy atom. The second kappa shape index (κ2) is 4.28. The predicted octanol–water partition coefficient (Wildman–Crippen LogP) is 1.94. The van der Waals surface area contributed by atoms with Gasteiger partial charge in [-0.3, -0.25) is 0 Å². The van der Waals surface area contributed by atoms with Crippen molar-refractivity contribution in [3.63, 3.8) is 0 Å². The summed E-state index contributed by atoms with van der Waals surface area (Å²) < 4.78 is 17.9. The van der Waals surface area contributed by atoms with E-state index in [9.17, 15) is 9.18 Å². The number of halogens is 2. The molecular weight excluding hydrogens is 265 g/mol. The lowest BCUT2D eigenvalue weighted by atomic mass is 9.93. The molecule has 0 heterocycles. The van der Waals surface area contributed by atoms with E-state index in [1.165, 1.54) is 32.2 Å². The van der Waals surface area contributed by atoms with Crippen LogP contribution in [-0.4, -0.2) is 13.1 Å². The predicted molar refractivity (Wildman–Crippen MR) is 57.7 cm³/mol. The second-order valence-corrected chi connectivity index (χ2v) is 4.17. The maximum Gasteiger partial charge on any atom is 0.330 e. The van der Waals surface area contributed by atoms with Crippen LogP contribution in [0.1, 0.15) is 12.5 Å². The van der Waals surface area contributed by atoms with Crippen molar-refractivity contribution < 1.29 is 13.9 Å². The summed E-state index contributed by atoms with van der Waals surface area (Å²) in [5.41, 5.74) is 5.01. The zero-order valence-corrected chi connectivity index (χ0v) is 9.97. The number of benzene rings is 1. The Morgan fingerprint density at radius 3 is 2.67 bits per heavy atom. The molecule has 0 aliphatic rings. The molecule has 0 saturated carbocycles. The van der Waals surface area contributed by atoms with Gasteiger partial charge in [-0.15, -0.1) is 0 Å². The first-order chi connectivity index (χ1) is 6.89. The number of nitrogens with two attached hydrogens (primary N) is 1. The average Bonchev–Trinajstić information content (AvgIpc) is 2.15. The van der Waals surface area contributed by atoms with E-state index in [4.69, 9.17) is 5.73 Å². The van der Waals surface area contributed by atoms with Gasteiger partial charge in [0.25, 0.3) is 0 Å². The molecular formula is C10H11BrFNO2. The standard InChI is InChI=1S/C10H11BrFNO2/c1-10(13,9(14)15-2)7-4-3-6(12)5-8(7)11/h3-5H,13H2,1-2H3. The van der Waals surface area contributed by atoms with Gasteiger partial charge in [-0.1, -0.05) is 22.0 Å². The van der Waals surface area contributed by atoms with Crippen LogP contribution in [0.15, 0.2) is 22.7 Å². The molecule has 15 heavy (non-hydrogen) atoms. The van der Waals surface area contributed by atoms with E-state index >= 15 is 0 Å². The van der Waals surface area contributed by atoms with Crippen LogP contribution < -0.4 is 5.73 Å². The summed E-state index contributed by atoms with van der Waals surface area (Å²) in [6.45, 7) is 1.51. The van der Waals surface area contributed by atoms with Crippen LogP contribution in [0.5, 0.6) is 0 Å². The SMILES string of the molecule is COC(=O)C(C)(N)c1ccc(F)cc1Br. The van der Waals surface area contributed by atoms with Gasteiger partial charge < -0.3 is 10.5 Å². The van der Waals surface area contributed by atoms with Gasteiger partial charge in [-0.05, 0) is 24.6 Å². The van der Waals surface area contributed by atoms with Crippen LogP contribution in [0.3, 0.4) is 0 Å². The van der Waals surface area contributed by atoms with Gasteiger partial charge in [-0.2, -0.15) is 0 Å². The summed E-state index contributed by atoms with van der Waals surface area (Å²) in [6.07, 6.45) is 0. The van der Waals surface area contributed by atoms with Crippen molar-refractivity contribution in [2.75, 3.05) is 7.11 Å². The molecule has 0 amide bonds. The lowest BCUT2D eigenvalue weighted by Crippen LogP contribution is -2.43. The minimum Gasteiger partial charge on any atom is -0.467 e. The Labute approximate surface area is 95.5 Å². The number of carbonyl (C=O) groups excluding carboxylic acids is 1. The molecule has 1 aromatic carbocycles. The van der Waals surface area contributed by atoms with Gasteiger partial charge in [0.15, 0.2) is 0 Å². The van der Waals surface area contributed by atoms with Gasteiger partial charge in [0, 0.05) is 4.47 Å². The van der Waals surface area contributed by atoms with Crippen molar-refractivity contribution >= 4 is 21.9 Å².